The molecule has 1 unspecified atom stereocenters. The monoisotopic (exact) mass is 239 g/mol. The molecule has 1 aliphatic heterocycles. The first kappa shape index (κ1) is 11.8. The molecule has 0 N–H and O–H groups in total. The lowest BCUT2D eigenvalue weighted by Crippen LogP contribution is -2.41. The molecule has 88 valence electrons. The molecule has 16 heavy (non-hydrogen) atoms. The molecule has 1 aromatic carbocycles. The zero-order valence-electron chi connectivity index (χ0n) is 9.21. The van der Waals surface area contributed by atoms with Gasteiger partial charge in [-0.25, -0.2) is 0 Å². The molecule has 4 heteroatoms. The molecule has 0 saturated carbocycles. The number of nitrogens with zero attached hydrogens (tertiary/aromatic N) is 1. The first-order valence-corrected chi connectivity index (χ1v) is 6.06. The quantitative estimate of drug-likeness (QED) is 0.638. The number of para-hydroxylation sites is 1. The van der Waals surface area contributed by atoms with E-state index in [0.717, 1.165) is 38.6 Å². The van der Waals surface area contributed by atoms with Crippen LogP contribution < -0.4 is 4.74 Å². The Hall–Kier alpha value is -0.710. The van der Waals surface area contributed by atoms with Gasteiger partial charge in [-0.1, -0.05) is 18.2 Å². The summed E-state index contributed by atoms with van der Waals surface area (Å²) in [5.74, 6) is 0.871. The summed E-state index contributed by atoms with van der Waals surface area (Å²) in [7, 11) is 0. The minimum Gasteiger partial charge on any atom is -0.479 e. The van der Waals surface area contributed by atoms with Crippen molar-refractivity contribution in [3.63, 3.8) is 0 Å². The van der Waals surface area contributed by atoms with Crippen molar-refractivity contribution in [1.82, 2.24) is 4.90 Å². The van der Waals surface area contributed by atoms with E-state index in [1.807, 2.05) is 30.3 Å². The molecule has 0 aliphatic carbocycles. The van der Waals surface area contributed by atoms with Gasteiger partial charge >= 0.3 is 0 Å². The van der Waals surface area contributed by atoms with Crippen molar-refractivity contribution in [2.75, 3.05) is 32.8 Å². The highest BCUT2D eigenvalue weighted by molar-refractivity contribution is 7.80. The first-order valence-electron chi connectivity index (χ1n) is 5.54. The van der Waals surface area contributed by atoms with E-state index in [9.17, 15) is 0 Å². The number of morpholine rings is 1. The van der Waals surface area contributed by atoms with Crippen LogP contribution >= 0.6 is 12.6 Å². The zero-order valence-corrected chi connectivity index (χ0v) is 10.1. The van der Waals surface area contributed by atoms with E-state index in [2.05, 4.69) is 17.5 Å². The molecule has 1 saturated heterocycles. The number of thiol groups is 1. The van der Waals surface area contributed by atoms with Gasteiger partial charge in [0.25, 0.3) is 0 Å². The topological polar surface area (TPSA) is 21.7 Å². The fourth-order valence-electron chi connectivity index (χ4n) is 1.70. The number of hydrogen-bond donors (Lipinski definition) is 1. The van der Waals surface area contributed by atoms with Gasteiger partial charge in [0.15, 0.2) is 5.44 Å². The van der Waals surface area contributed by atoms with Crippen LogP contribution in [0.2, 0.25) is 0 Å². The third kappa shape index (κ3) is 3.70. The van der Waals surface area contributed by atoms with E-state index in [4.69, 9.17) is 9.47 Å². The fraction of sp³-hybridized carbons (Fsp3) is 0.500. The third-order valence-corrected chi connectivity index (χ3v) is 2.80. The van der Waals surface area contributed by atoms with Gasteiger partial charge in [-0.2, -0.15) is 0 Å². The van der Waals surface area contributed by atoms with Crippen LogP contribution in [0, 0.1) is 0 Å². The van der Waals surface area contributed by atoms with Gasteiger partial charge in [-0.15, -0.1) is 12.6 Å². The van der Waals surface area contributed by atoms with Crippen LogP contribution in [0.5, 0.6) is 5.75 Å². The van der Waals surface area contributed by atoms with Crippen LogP contribution in [-0.4, -0.2) is 43.2 Å². The number of rotatable bonds is 4. The molecule has 0 radical (unpaired) electrons. The summed E-state index contributed by atoms with van der Waals surface area (Å²) in [5.41, 5.74) is -0.0829. The van der Waals surface area contributed by atoms with E-state index in [-0.39, 0.29) is 5.44 Å². The lowest BCUT2D eigenvalue weighted by molar-refractivity contribution is 0.0294. The second kappa shape index (κ2) is 6.13. The van der Waals surface area contributed by atoms with Gasteiger partial charge in [0, 0.05) is 19.6 Å². The van der Waals surface area contributed by atoms with E-state index < -0.39 is 0 Å². The molecule has 1 aliphatic rings. The SMILES string of the molecule is SC(CN1CCOCC1)Oc1ccccc1. The normalized spacial score (nSPS) is 19.3. The van der Waals surface area contributed by atoms with Crippen molar-refractivity contribution in [2.24, 2.45) is 0 Å². The standard InChI is InChI=1S/C12H17NO2S/c16-12(10-13-6-8-14-9-7-13)15-11-4-2-1-3-5-11/h1-5,12,16H,6-10H2. The Morgan fingerprint density at radius 2 is 1.94 bits per heavy atom. The summed E-state index contributed by atoms with van der Waals surface area (Å²) in [6, 6.07) is 9.79. The summed E-state index contributed by atoms with van der Waals surface area (Å²) < 4.78 is 11.0. The van der Waals surface area contributed by atoms with Gasteiger partial charge in [0.1, 0.15) is 5.75 Å². The molecule has 1 aromatic rings. The number of benzene rings is 1. The smallest absolute Gasteiger partial charge is 0.154 e. The van der Waals surface area contributed by atoms with Gasteiger partial charge in [-0.05, 0) is 12.1 Å². The van der Waals surface area contributed by atoms with E-state index in [1.165, 1.54) is 0 Å². The summed E-state index contributed by atoms with van der Waals surface area (Å²) in [6.45, 7) is 4.39. The molecular weight excluding hydrogens is 222 g/mol. The highest BCUT2D eigenvalue weighted by Gasteiger charge is 2.14. The predicted octanol–water partition coefficient (Wildman–Crippen LogP) is 1.65. The van der Waals surface area contributed by atoms with Gasteiger partial charge in [0.2, 0.25) is 0 Å². The Kier molecular flexibility index (Phi) is 4.51. The lowest BCUT2D eigenvalue weighted by atomic mass is 10.3. The summed E-state index contributed by atoms with van der Waals surface area (Å²) in [4.78, 5) is 2.31. The van der Waals surface area contributed by atoms with E-state index in [1.54, 1.807) is 0 Å². The molecular formula is C12H17NO2S. The van der Waals surface area contributed by atoms with Crippen molar-refractivity contribution in [3.8, 4) is 5.75 Å². The number of ether oxygens (including phenoxy) is 2. The second-order valence-electron chi connectivity index (χ2n) is 3.80. The molecule has 1 heterocycles. The molecule has 1 atom stereocenters. The minimum absolute atomic E-state index is 0.0829. The third-order valence-electron chi connectivity index (χ3n) is 2.53. The molecule has 3 nitrogen and oxygen atoms in total. The Labute approximate surface area is 102 Å². The highest BCUT2D eigenvalue weighted by atomic mass is 32.1. The Balaban J connectivity index is 1.77. The molecule has 2 rings (SSSR count). The van der Waals surface area contributed by atoms with Crippen LogP contribution in [0.4, 0.5) is 0 Å². The molecule has 1 fully saturated rings. The van der Waals surface area contributed by atoms with E-state index >= 15 is 0 Å². The van der Waals surface area contributed by atoms with Crippen LogP contribution in [0.3, 0.4) is 0 Å². The lowest BCUT2D eigenvalue weighted by Gasteiger charge is -2.28. The van der Waals surface area contributed by atoms with Crippen LogP contribution in [0.1, 0.15) is 0 Å². The molecule has 0 spiro atoms. The van der Waals surface area contributed by atoms with Crippen molar-refractivity contribution in [1.29, 1.82) is 0 Å². The van der Waals surface area contributed by atoms with Crippen molar-refractivity contribution in [2.45, 2.75) is 5.44 Å². The summed E-state index contributed by atoms with van der Waals surface area (Å²) >= 11 is 4.45. The van der Waals surface area contributed by atoms with Crippen LogP contribution in [0.25, 0.3) is 0 Å². The summed E-state index contributed by atoms with van der Waals surface area (Å²) in [6.07, 6.45) is 0. The summed E-state index contributed by atoms with van der Waals surface area (Å²) in [5, 5.41) is 0. The Morgan fingerprint density at radius 3 is 2.62 bits per heavy atom. The van der Waals surface area contributed by atoms with E-state index in [0.29, 0.717) is 0 Å². The largest absolute Gasteiger partial charge is 0.479 e. The Bertz CT molecular complexity index is 301. The molecule has 0 bridgehead atoms. The zero-order chi connectivity index (χ0) is 11.2. The van der Waals surface area contributed by atoms with Crippen LogP contribution in [-0.2, 0) is 4.74 Å². The molecule has 0 amide bonds. The molecule has 0 aromatic heterocycles. The minimum atomic E-state index is -0.0829. The fourth-order valence-corrected chi connectivity index (χ4v) is 2.05. The van der Waals surface area contributed by atoms with Crippen molar-refractivity contribution in [3.05, 3.63) is 30.3 Å². The van der Waals surface area contributed by atoms with Gasteiger partial charge < -0.3 is 9.47 Å². The first-order chi connectivity index (χ1) is 7.84. The van der Waals surface area contributed by atoms with Gasteiger partial charge in [-0.3, -0.25) is 4.90 Å². The average Bonchev–Trinajstić information content (AvgIpc) is 2.31. The number of hydrogen-bond acceptors (Lipinski definition) is 4. The van der Waals surface area contributed by atoms with Crippen LogP contribution in [0.15, 0.2) is 30.3 Å². The Morgan fingerprint density at radius 1 is 1.25 bits per heavy atom. The van der Waals surface area contributed by atoms with Gasteiger partial charge in [0.05, 0.1) is 13.2 Å². The maximum atomic E-state index is 5.70. The maximum absolute atomic E-state index is 5.70. The average molecular weight is 239 g/mol. The van der Waals surface area contributed by atoms with Crippen molar-refractivity contribution >= 4 is 12.6 Å². The second-order valence-corrected chi connectivity index (χ2v) is 4.37. The predicted molar refractivity (Wildman–Crippen MR) is 67.1 cm³/mol. The highest BCUT2D eigenvalue weighted by Crippen LogP contribution is 2.13. The van der Waals surface area contributed by atoms with Crippen molar-refractivity contribution < 1.29 is 9.47 Å². The maximum Gasteiger partial charge on any atom is 0.154 e.